The minimum atomic E-state index is -1.57. The van der Waals surface area contributed by atoms with E-state index >= 15 is 0 Å². The molecule has 0 spiro atoms. The van der Waals surface area contributed by atoms with Gasteiger partial charge in [-0.15, -0.1) is 0 Å². The summed E-state index contributed by atoms with van der Waals surface area (Å²) in [5.74, 6) is -1.28. The topological polar surface area (TPSA) is 178 Å². The number of amides is 1. The summed E-state index contributed by atoms with van der Waals surface area (Å²) in [4.78, 5) is 33.5. The molecule has 1 unspecified atom stereocenters. The van der Waals surface area contributed by atoms with Crippen LogP contribution in [-0.4, -0.2) is 95.2 Å². The van der Waals surface area contributed by atoms with Gasteiger partial charge in [-0.2, -0.15) is 0 Å². The molecule has 232 valence electrons. The number of benzene rings is 1. The van der Waals surface area contributed by atoms with Gasteiger partial charge < -0.3 is 35.7 Å². The van der Waals surface area contributed by atoms with Gasteiger partial charge in [-0.05, 0) is 31.7 Å². The second kappa shape index (κ2) is 17.2. The Morgan fingerprint density at radius 1 is 1.21 bits per heavy atom. The number of carboxylic acid groups (broad SMARTS) is 1. The van der Waals surface area contributed by atoms with E-state index in [-0.39, 0.29) is 43.5 Å². The Hall–Kier alpha value is -3.95. The summed E-state index contributed by atoms with van der Waals surface area (Å²) in [5, 5.41) is 14.8. The number of hydrogen-bond acceptors (Lipinski definition) is 10. The van der Waals surface area contributed by atoms with Gasteiger partial charge >= 0.3 is 5.97 Å². The lowest BCUT2D eigenvalue weighted by Crippen LogP contribution is -2.31. The molecule has 4 bridgehead atoms. The molecular formula is C29H38N6O7S. The van der Waals surface area contributed by atoms with Gasteiger partial charge in [-0.3, -0.25) is 9.59 Å². The summed E-state index contributed by atoms with van der Waals surface area (Å²) in [7, 11) is 0.193. The molecule has 14 heteroatoms. The maximum absolute atomic E-state index is 13.4. The predicted octanol–water partition coefficient (Wildman–Crippen LogP) is 1.88. The average Bonchev–Trinajstić information content (AvgIpc) is 2.99. The summed E-state index contributed by atoms with van der Waals surface area (Å²) < 4.78 is 32.3. The van der Waals surface area contributed by atoms with Gasteiger partial charge in [0.15, 0.2) is 11.5 Å². The minimum absolute atomic E-state index is 0.0391. The van der Waals surface area contributed by atoms with Gasteiger partial charge in [0, 0.05) is 37.2 Å². The second-order valence-corrected chi connectivity index (χ2v) is 10.8. The quantitative estimate of drug-likeness (QED) is 0.319. The van der Waals surface area contributed by atoms with Crippen molar-refractivity contribution in [3.8, 4) is 11.3 Å². The maximum Gasteiger partial charge on any atom is 0.303 e. The molecule has 0 fully saturated rings. The van der Waals surface area contributed by atoms with Crippen molar-refractivity contribution in [2.45, 2.75) is 17.7 Å². The third kappa shape index (κ3) is 10.1. The number of ether oxygens (including phenoxy) is 3. The van der Waals surface area contributed by atoms with E-state index in [9.17, 15) is 13.8 Å². The van der Waals surface area contributed by atoms with Crippen LogP contribution in [0.1, 0.15) is 23.3 Å². The number of rotatable bonds is 8. The van der Waals surface area contributed by atoms with Crippen LogP contribution in [0.4, 0.5) is 5.82 Å². The first-order valence-corrected chi connectivity index (χ1v) is 14.8. The molecule has 2 aliphatic rings. The molecule has 0 saturated carbocycles. The number of hydrogen-bond donors (Lipinski definition) is 4. The maximum atomic E-state index is 13.4. The van der Waals surface area contributed by atoms with Crippen molar-refractivity contribution < 1.29 is 33.1 Å². The third-order valence-electron chi connectivity index (χ3n) is 6.14. The van der Waals surface area contributed by atoms with E-state index in [1.807, 2.05) is 0 Å². The minimum Gasteiger partial charge on any atom is -0.489 e. The normalized spacial score (nSPS) is 19.4. The molecule has 43 heavy (non-hydrogen) atoms. The number of nitrogen functional groups attached to an aromatic ring is 1. The summed E-state index contributed by atoms with van der Waals surface area (Å²) in [5.41, 5.74) is 7.79. The molecular weight excluding hydrogens is 576 g/mol. The number of likely N-dealkylation sites (N-methyl/N-ethyl adjacent to an activating group) is 1. The van der Waals surface area contributed by atoms with Crippen LogP contribution in [0.15, 0.2) is 71.6 Å². The molecule has 0 saturated heterocycles. The van der Waals surface area contributed by atoms with Crippen molar-refractivity contribution in [3.05, 3.63) is 72.4 Å². The molecule has 5 N–H and O–H groups in total. The Bertz CT molecular complexity index is 1350. The number of carbonyl (C=O) groups is 2. The average molecular weight is 615 g/mol. The van der Waals surface area contributed by atoms with Gasteiger partial charge in [0.25, 0.3) is 5.91 Å². The molecule has 2 aliphatic heterocycles. The number of carbonyl (C=O) groups excluding carboxylic acids is 1. The smallest absolute Gasteiger partial charge is 0.303 e. The highest BCUT2D eigenvalue weighted by Gasteiger charge is 2.20. The lowest BCUT2D eigenvalue weighted by molar-refractivity contribution is -0.137. The van der Waals surface area contributed by atoms with Gasteiger partial charge in [0.1, 0.15) is 23.4 Å². The Kier molecular flexibility index (Phi) is 13.4. The largest absolute Gasteiger partial charge is 0.489 e. The van der Waals surface area contributed by atoms with Crippen LogP contribution in [0, 0.1) is 0 Å². The Labute approximate surface area is 253 Å². The highest BCUT2D eigenvalue weighted by Crippen LogP contribution is 2.22. The van der Waals surface area contributed by atoms with Crippen LogP contribution in [-0.2, 0) is 30.0 Å². The van der Waals surface area contributed by atoms with E-state index in [0.29, 0.717) is 66.8 Å². The zero-order valence-corrected chi connectivity index (χ0v) is 25.0. The zero-order chi connectivity index (χ0) is 31.2. The molecule has 4 rings (SSSR count). The van der Waals surface area contributed by atoms with E-state index in [4.69, 9.17) is 25.1 Å². The Morgan fingerprint density at radius 3 is 2.58 bits per heavy atom. The zero-order valence-electron chi connectivity index (χ0n) is 24.2. The molecule has 13 nitrogen and oxygen atoms in total. The van der Waals surface area contributed by atoms with Crippen molar-refractivity contribution in [2.75, 3.05) is 65.5 Å². The highest BCUT2D eigenvalue weighted by atomic mass is 32.2. The van der Waals surface area contributed by atoms with E-state index in [2.05, 4.69) is 33.8 Å². The molecule has 1 atom stereocenters. The predicted molar refractivity (Wildman–Crippen MR) is 162 cm³/mol. The number of carboxylic acids is 1. The van der Waals surface area contributed by atoms with Crippen LogP contribution < -0.4 is 16.4 Å². The van der Waals surface area contributed by atoms with Crippen LogP contribution in [0.2, 0.25) is 0 Å². The number of nitrogens with two attached hydrogens (primary N) is 1. The van der Waals surface area contributed by atoms with Crippen LogP contribution in [0.3, 0.4) is 0 Å². The molecule has 2 aromatic rings. The van der Waals surface area contributed by atoms with Crippen LogP contribution >= 0.6 is 0 Å². The van der Waals surface area contributed by atoms with Gasteiger partial charge in [-0.25, -0.2) is 18.5 Å². The Morgan fingerprint density at radius 2 is 1.91 bits per heavy atom. The van der Waals surface area contributed by atoms with Gasteiger partial charge in [0.2, 0.25) is 0 Å². The monoisotopic (exact) mass is 614 g/mol. The first-order chi connectivity index (χ1) is 20.7. The summed E-state index contributed by atoms with van der Waals surface area (Å²) in [6, 6.07) is 6.80. The summed E-state index contributed by atoms with van der Waals surface area (Å²) in [6.07, 6.45) is 3.18. The van der Waals surface area contributed by atoms with Crippen molar-refractivity contribution >= 4 is 28.7 Å². The first-order valence-electron chi connectivity index (χ1n) is 13.7. The number of allylic oxidation sites excluding steroid dienone is 1. The fourth-order valence-electron chi connectivity index (χ4n) is 4.02. The lowest BCUT2D eigenvalue weighted by atomic mass is 10.1. The SMILES string of the molecule is C=C/C1=C(\C(=C)CNC)OCCOCCOCCN(CCCC(=O)O)S(=O)c2ccc(cc2)-c2cnc(N)c(n2)C(=O)N1. The number of fused-ring (bicyclic) bond motifs is 15. The van der Waals surface area contributed by atoms with Crippen molar-refractivity contribution in [1.29, 1.82) is 0 Å². The van der Waals surface area contributed by atoms with Crippen LogP contribution in [0.25, 0.3) is 11.3 Å². The highest BCUT2D eigenvalue weighted by molar-refractivity contribution is 7.82. The molecule has 3 heterocycles. The first kappa shape index (κ1) is 33.6. The fourth-order valence-corrected chi connectivity index (χ4v) is 5.22. The number of anilines is 1. The van der Waals surface area contributed by atoms with E-state index in [1.54, 1.807) is 35.6 Å². The second-order valence-electron chi connectivity index (χ2n) is 9.30. The fraction of sp³-hybridized carbons (Fsp3) is 0.379. The molecule has 1 aromatic carbocycles. The summed E-state index contributed by atoms with van der Waals surface area (Å²) >= 11 is 0. The van der Waals surface area contributed by atoms with E-state index in [1.165, 1.54) is 12.3 Å². The molecule has 1 amide bonds. The number of nitrogens with one attached hydrogen (secondary N) is 2. The molecule has 1 aromatic heterocycles. The van der Waals surface area contributed by atoms with Crippen molar-refractivity contribution in [1.82, 2.24) is 24.9 Å². The van der Waals surface area contributed by atoms with Crippen molar-refractivity contribution in [2.24, 2.45) is 0 Å². The number of aliphatic carboxylic acids is 1. The third-order valence-corrected chi connectivity index (χ3v) is 7.65. The standard InChI is InChI=1S/C29H38N6O7S/c1-4-23-27(20(2)18-31-3)42-17-16-41-15-14-40-13-12-35(11-5-6-25(36)37)43(39)22-9-7-21(8-10-22)24-19-32-28(30)26(33-24)29(38)34-23/h4,7-10,19,31H,1-2,5-6,11-18H2,3H3,(H2,30,32)(H,34,38)(H,36,37)/b27-23-. The van der Waals surface area contributed by atoms with E-state index in [0.717, 1.165) is 0 Å². The van der Waals surface area contributed by atoms with Gasteiger partial charge in [0.05, 0.1) is 48.9 Å². The molecule has 0 aliphatic carbocycles. The molecule has 0 radical (unpaired) electrons. The number of aromatic nitrogens is 2. The number of nitrogens with zero attached hydrogens (tertiary/aromatic N) is 3. The Balaban J connectivity index is 1.94. The van der Waals surface area contributed by atoms with Crippen LogP contribution in [0.5, 0.6) is 0 Å². The van der Waals surface area contributed by atoms with Gasteiger partial charge in [-0.1, -0.05) is 25.3 Å². The lowest BCUT2D eigenvalue weighted by Gasteiger charge is -2.21. The van der Waals surface area contributed by atoms with Crippen molar-refractivity contribution in [3.63, 3.8) is 0 Å². The van der Waals surface area contributed by atoms with E-state index < -0.39 is 22.9 Å². The summed E-state index contributed by atoms with van der Waals surface area (Å²) in [6.45, 7) is 10.2.